The number of rotatable bonds is 7. The molecular weight excluding hydrogens is 354 g/mol. The maximum atomic E-state index is 12.3. The summed E-state index contributed by atoms with van der Waals surface area (Å²) in [4.78, 5) is 21.1. The number of hydrogen-bond acceptors (Lipinski definition) is 6. The van der Waals surface area contributed by atoms with E-state index >= 15 is 0 Å². The highest BCUT2D eigenvalue weighted by Crippen LogP contribution is 2.20. The number of methoxy groups -OCH3 is 1. The second-order valence-electron chi connectivity index (χ2n) is 6.10. The Labute approximate surface area is 164 Å². The van der Waals surface area contributed by atoms with Gasteiger partial charge in [-0.1, -0.05) is 0 Å². The molecule has 1 aromatic heterocycles. The van der Waals surface area contributed by atoms with Gasteiger partial charge in [-0.05, 0) is 62.4 Å². The van der Waals surface area contributed by atoms with Gasteiger partial charge in [0.25, 0.3) is 5.91 Å². The predicted octanol–water partition coefficient (Wildman–Crippen LogP) is 4.22. The number of aryl methyl sites for hydroxylation is 1. The standard InChI is InChI=1S/C21H23N5O2/c1-4-22-19-13-20(24-14(2)23-19)25-16-7-9-17(10-8-16)26-21(27)15-5-11-18(28-3)12-6-15/h5-13H,4H2,1-3H3,(H,26,27)(H2,22,23,24,25). The normalized spacial score (nSPS) is 10.2. The molecule has 28 heavy (non-hydrogen) atoms. The van der Waals surface area contributed by atoms with E-state index in [2.05, 4.69) is 25.9 Å². The lowest BCUT2D eigenvalue weighted by Gasteiger charge is -2.10. The van der Waals surface area contributed by atoms with Crippen LogP contribution in [0.2, 0.25) is 0 Å². The molecule has 0 atom stereocenters. The van der Waals surface area contributed by atoms with Crippen molar-refractivity contribution in [2.45, 2.75) is 13.8 Å². The number of carbonyl (C=O) groups is 1. The third kappa shape index (κ3) is 4.97. The Kier molecular flexibility index (Phi) is 6.06. The Morgan fingerprint density at radius 1 is 0.964 bits per heavy atom. The number of amides is 1. The van der Waals surface area contributed by atoms with Gasteiger partial charge >= 0.3 is 0 Å². The van der Waals surface area contributed by atoms with Crippen LogP contribution in [0.4, 0.5) is 23.0 Å². The summed E-state index contributed by atoms with van der Waals surface area (Å²) in [5, 5.41) is 9.31. The van der Waals surface area contributed by atoms with E-state index in [1.54, 1.807) is 31.4 Å². The Bertz CT molecular complexity index is 940. The SMILES string of the molecule is CCNc1cc(Nc2ccc(NC(=O)c3ccc(OC)cc3)cc2)nc(C)n1. The number of carbonyl (C=O) groups excluding carboxylic acids is 1. The Balaban J connectivity index is 1.65. The molecule has 7 heteroatoms. The lowest BCUT2D eigenvalue weighted by Crippen LogP contribution is -2.11. The van der Waals surface area contributed by atoms with E-state index in [1.807, 2.05) is 44.2 Å². The summed E-state index contributed by atoms with van der Waals surface area (Å²) < 4.78 is 5.11. The van der Waals surface area contributed by atoms with Gasteiger partial charge in [0.05, 0.1) is 7.11 Å². The van der Waals surface area contributed by atoms with Crippen LogP contribution in [0.5, 0.6) is 5.75 Å². The zero-order valence-corrected chi connectivity index (χ0v) is 16.1. The van der Waals surface area contributed by atoms with Gasteiger partial charge < -0.3 is 20.7 Å². The van der Waals surface area contributed by atoms with E-state index < -0.39 is 0 Å². The zero-order valence-electron chi connectivity index (χ0n) is 16.1. The van der Waals surface area contributed by atoms with Crippen molar-refractivity contribution in [1.82, 2.24) is 9.97 Å². The monoisotopic (exact) mass is 377 g/mol. The highest BCUT2D eigenvalue weighted by molar-refractivity contribution is 6.04. The molecule has 3 aromatic rings. The van der Waals surface area contributed by atoms with Gasteiger partial charge in [0.2, 0.25) is 0 Å². The molecule has 144 valence electrons. The molecule has 0 spiro atoms. The van der Waals surface area contributed by atoms with Crippen LogP contribution < -0.4 is 20.7 Å². The van der Waals surface area contributed by atoms with Crippen molar-refractivity contribution in [3.05, 3.63) is 66.0 Å². The minimum Gasteiger partial charge on any atom is -0.497 e. The first-order valence-electron chi connectivity index (χ1n) is 8.99. The highest BCUT2D eigenvalue weighted by atomic mass is 16.5. The number of aromatic nitrogens is 2. The minimum atomic E-state index is -0.176. The van der Waals surface area contributed by atoms with Crippen LogP contribution in [-0.2, 0) is 0 Å². The van der Waals surface area contributed by atoms with Crippen molar-refractivity contribution in [1.29, 1.82) is 0 Å². The lowest BCUT2D eigenvalue weighted by molar-refractivity contribution is 0.102. The van der Waals surface area contributed by atoms with Crippen LogP contribution in [0.1, 0.15) is 23.1 Å². The van der Waals surface area contributed by atoms with Crippen molar-refractivity contribution in [2.75, 3.05) is 29.6 Å². The zero-order chi connectivity index (χ0) is 19.9. The van der Waals surface area contributed by atoms with Crippen molar-refractivity contribution in [3.8, 4) is 5.75 Å². The van der Waals surface area contributed by atoms with Crippen LogP contribution in [0, 0.1) is 6.92 Å². The number of anilines is 4. The number of nitrogens with one attached hydrogen (secondary N) is 3. The molecule has 2 aromatic carbocycles. The quantitative estimate of drug-likeness (QED) is 0.571. The molecule has 0 unspecified atom stereocenters. The molecule has 1 heterocycles. The van der Waals surface area contributed by atoms with Gasteiger partial charge in [-0.15, -0.1) is 0 Å². The fourth-order valence-electron chi connectivity index (χ4n) is 2.63. The van der Waals surface area contributed by atoms with Crippen LogP contribution in [0.25, 0.3) is 0 Å². The van der Waals surface area contributed by atoms with E-state index in [0.717, 1.165) is 18.1 Å². The summed E-state index contributed by atoms with van der Waals surface area (Å²) in [5.41, 5.74) is 2.14. The van der Waals surface area contributed by atoms with E-state index in [9.17, 15) is 4.79 Å². The molecule has 0 aliphatic carbocycles. The second-order valence-corrected chi connectivity index (χ2v) is 6.10. The number of benzene rings is 2. The molecule has 0 fully saturated rings. The third-order valence-corrected chi connectivity index (χ3v) is 3.96. The molecule has 0 aliphatic heterocycles. The molecule has 0 bridgehead atoms. The number of hydrogen-bond donors (Lipinski definition) is 3. The van der Waals surface area contributed by atoms with Crippen molar-refractivity contribution in [3.63, 3.8) is 0 Å². The molecular formula is C21H23N5O2. The summed E-state index contributed by atoms with van der Waals surface area (Å²) in [6.45, 7) is 4.66. The maximum Gasteiger partial charge on any atom is 0.255 e. The average Bonchev–Trinajstić information content (AvgIpc) is 2.69. The van der Waals surface area contributed by atoms with Crippen molar-refractivity contribution in [2.24, 2.45) is 0 Å². The number of nitrogens with zero attached hydrogens (tertiary/aromatic N) is 2. The van der Waals surface area contributed by atoms with Crippen molar-refractivity contribution < 1.29 is 9.53 Å². The van der Waals surface area contributed by atoms with Gasteiger partial charge in [-0.3, -0.25) is 4.79 Å². The summed E-state index contributed by atoms with van der Waals surface area (Å²) in [6, 6.07) is 16.3. The van der Waals surface area contributed by atoms with Crippen LogP contribution in [0.15, 0.2) is 54.6 Å². The van der Waals surface area contributed by atoms with Crippen LogP contribution in [-0.4, -0.2) is 29.5 Å². The fourth-order valence-corrected chi connectivity index (χ4v) is 2.63. The third-order valence-electron chi connectivity index (χ3n) is 3.96. The van der Waals surface area contributed by atoms with E-state index in [1.165, 1.54) is 0 Å². The molecule has 3 N–H and O–H groups in total. The first-order valence-corrected chi connectivity index (χ1v) is 8.99. The van der Waals surface area contributed by atoms with Gasteiger partial charge in [0, 0.05) is 29.5 Å². The van der Waals surface area contributed by atoms with Crippen LogP contribution in [0.3, 0.4) is 0 Å². The lowest BCUT2D eigenvalue weighted by atomic mass is 10.2. The topological polar surface area (TPSA) is 88.2 Å². The second kappa shape index (κ2) is 8.85. The van der Waals surface area contributed by atoms with E-state index in [0.29, 0.717) is 28.6 Å². The molecule has 0 saturated heterocycles. The number of ether oxygens (including phenoxy) is 1. The largest absolute Gasteiger partial charge is 0.497 e. The first-order chi connectivity index (χ1) is 13.6. The summed E-state index contributed by atoms with van der Waals surface area (Å²) >= 11 is 0. The predicted molar refractivity (Wildman–Crippen MR) is 112 cm³/mol. The Morgan fingerprint density at radius 2 is 1.61 bits per heavy atom. The maximum absolute atomic E-state index is 12.3. The van der Waals surface area contributed by atoms with Gasteiger partial charge in [-0.25, -0.2) is 9.97 Å². The molecule has 7 nitrogen and oxygen atoms in total. The average molecular weight is 377 g/mol. The van der Waals surface area contributed by atoms with Gasteiger partial charge in [0.15, 0.2) is 0 Å². The van der Waals surface area contributed by atoms with E-state index in [4.69, 9.17) is 4.74 Å². The summed E-state index contributed by atoms with van der Waals surface area (Å²) in [5.74, 6) is 2.71. The Morgan fingerprint density at radius 3 is 2.25 bits per heavy atom. The smallest absolute Gasteiger partial charge is 0.255 e. The van der Waals surface area contributed by atoms with Gasteiger partial charge in [-0.2, -0.15) is 0 Å². The minimum absolute atomic E-state index is 0.176. The Hall–Kier alpha value is -3.61. The first kappa shape index (κ1) is 19.2. The molecule has 3 rings (SSSR count). The summed E-state index contributed by atoms with van der Waals surface area (Å²) in [7, 11) is 1.59. The fraction of sp³-hybridized carbons (Fsp3) is 0.190. The van der Waals surface area contributed by atoms with Crippen molar-refractivity contribution >= 4 is 28.9 Å². The van der Waals surface area contributed by atoms with Crippen LogP contribution >= 0.6 is 0 Å². The molecule has 0 saturated carbocycles. The van der Waals surface area contributed by atoms with Gasteiger partial charge in [0.1, 0.15) is 23.2 Å². The summed E-state index contributed by atoms with van der Waals surface area (Å²) in [6.07, 6.45) is 0. The molecule has 0 aliphatic rings. The van der Waals surface area contributed by atoms with E-state index in [-0.39, 0.29) is 5.91 Å². The molecule has 0 radical (unpaired) electrons. The molecule has 1 amide bonds. The highest BCUT2D eigenvalue weighted by Gasteiger charge is 2.07.